The molecule has 0 radical (unpaired) electrons. The maximum atomic E-state index is 9.18. The Bertz CT molecular complexity index is 190. The summed E-state index contributed by atoms with van der Waals surface area (Å²) in [5.74, 6) is 1.54. The van der Waals surface area contributed by atoms with E-state index in [0.29, 0.717) is 5.92 Å². The molecule has 0 aromatic rings. The maximum absolute atomic E-state index is 9.18. The average Bonchev–Trinajstić information content (AvgIpc) is 2.41. The lowest BCUT2D eigenvalue weighted by molar-refractivity contribution is 0.225. The van der Waals surface area contributed by atoms with Crippen LogP contribution in [-0.2, 0) is 0 Å². The molecule has 0 amide bonds. The third kappa shape index (κ3) is 3.66. The molecular weight excluding hydrogens is 176 g/mol. The lowest BCUT2D eigenvalue weighted by Gasteiger charge is -2.21. The quantitative estimate of drug-likeness (QED) is 0.723. The zero-order valence-electron chi connectivity index (χ0n) is 9.29. The number of aliphatic hydroxyl groups excluding tert-OH is 1. The molecule has 1 unspecified atom stereocenters. The first-order chi connectivity index (χ1) is 6.74. The van der Waals surface area contributed by atoms with Crippen LogP contribution in [0, 0.1) is 5.92 Å². The third-order valence-corrected chi connectivity index (χ3v) is 2.73. The lowest BCUT2D eigenvalue weighted by atomic mass is 10.1. The van der Waals surface area contributed by atoms with Crippen LogP contribution in [0.3, 0.4) is 0 Å². The van der Waals surface area contributed by atoms with Crippen molar-refractivity contribution in [2.75, 3.05) is 13.2 Å². The molecule has 1 aliphatic heterocycles. The summed E-state index contributed by atoms with van der Waals surface area (Å²) in [7, 11) is 0. The van der Waals surface area contributed by atoms with Gasteiger partial charge in [-0.1, -0.05) is 20.3 Å². The zero-order valence-corrected chi connectivity index (χ0v) is 9.29. The van der Waals surface area contributed by atoms with Crippen molar-refractivity contribution in [3.63, 3.8) is 0 Å². The Labute approximate surface area is 86.6 Å². The van der Waals surface area contributed by atoms with Crippen molar-refractivity contribution >= 4 is 5.84 Å². The fourth-order valence-corrected chi connectivity index (χ4v) is 1.63. The van der Waals surface area contributed by atoms with E-state index in [0.717, 1.165) is 18.8 Å². The van der Waals surface area contributed by atoms with Gasteiger partial charge in [0.2, 0.25) is 0 Å². The van der Waals surface area contributed by atoms with Gasteiger partial charge < -0.3 is 10.4 Å². The highest BCUT2D eigenvalue weighted by molar-refractivity contribution is 5.82. The summed E-state index contributed by atoms with van der Waals surface area (Å²) < 4.78 is 0. The Kier molecular flexibility index (Phi) is 4.94. The first-order valence-electron chi connectivity index (χ1n) is 5.64. The van der Waals surface area contributed by atoms with Crippen LogP contribution in [0.5, 0.6) is 0 Å². The van der Waals surface area contributed by atoms with Crippen LogP contribution in [0.4, 0.5) is 0 Å². The normalized spacial score (nSPS) is 20.1. The number of rotatable bonds is 3. The minimum absolute atomic E-state index is 0.159. The summed E-state index contributed by atoms with van der Waals surface area (Å²) in [5.41, 5.74) is 0. The second-order valence-electron chi connectivity index (χ2n) is 4.32. The van der Waals surface area contributed by atoms with Gasteiger partial charge in [-0.2, -0.15) is 0 Å². The number of hydrogen-bond donors (Lipinski definition) is 2. The van der Waals surface area contributed by atoms with E-state index in [-0.39, 0.29) is 12.6 Å². The summed E-state index contributed by atoms with van der Waals surface area (Å²) in [6.45, 7) is 5.37. The van der Waals surface area contributed by atoms with E-state index in [9.17, 15) is 5.11 Å². The lowest BCUT2D eigenvalue weighted by Crippen LogP contribution is -2.41. The Morgan fingerprint density at radius 2 is 2.14 bits per heavy atom. The Hall–Kier alpha value is -0.570. The van der Waals surface area contributed by atoms with Crippen molar-refractivity contribution in [2.45, 2.75) is 45.6 Å². The van der Waals surface area contributed by atoms with Crippen LogP contribution < -0.4 is 5.32 Å². The molecule has 1 aliphatic rings. The number of nitrogens with zero attached hydrogens (tertiary/aromatic N) is 1. The first kappa shape index (κ1) is 11.5. The van der Waals surface area contributed by atoms with Crippen LogP contribution in [-0.4, -0.2) is 30.1 Å². The zero-order chi connectivity index (χ0) is 10.4. The summed E-state index contributed by atoms with van der Waals surface area (Å²) >= 11 is 0. The minimum atomic E-state index is 0.159. The molecule has 0 saturated carbocycles. The van der Waals surface area contributed by atoms with Crippen molar-refractivity contribution in [3.05, 3.63) is 0 Å². The number of aliphatic hydroxyl groups is 1. The molecule has 0 aromatic carbocycles. The molecule has 0 bridgehead atoms. The number of nitrogens with one attached hydrogen (secondary N) is 1. The van der Waals surface area contributed by atoms with E-state index in [2.05, 4.69) is 24.2 Å². The van der Waals surface area contributed by atoms with Gasteiger partial charge in [-0.15, -0.1) is 0 Å². The van der Waals surface area contributed by atoms with E-state index in [1.54, 1.807) is 0 Å². The molecule has 1 rings (SSSR count). The van der Waals surface area contributed by atoms with E-state index >= 15 is 0 Å². The average molecular weight is 198 g/mol. The fraction of sp³-hybridized carbons (Fsp3) is 0.909. The number of hydrogen-bond acceptors (Lipinski definition) is 3. The standard InChI is InChI=1S/C11H22N2O/c1-9(2)10(8-14)13-11-6-4-3-5-7-12-11/h9-10,14H,3-8H2,1-2H3,(H,12,13). The van der Waals surface area contributed by atoms with Crippen LogP contribution in [0.1, 0.15) is 39.5 Å². The molecule has 1 heterocycles. The Balaban J connectivity index is 2.43. The first-order valence-corrected chi connectivity index (χ1v) is 5.64. The van der Waals surface area contributed by atoms with Crippen molar-refractivity contribution < 1.29 is 5.11 Å². The van der Waals surface area contributed by atoms with Crippen molar-refractivity contribution in [2.24, 2.45) is 10.9 Å². The Morgan fingerprint density at radius 3 is 2.79 bits per heavy atom. The summed E-state index contributed by atoms with van der Waals surface area (Å²) in [6, 6.07) is 0.159. The van der Waals surface area contributed by atoms with Crippen molar-refractivity contribution in [1.29, 1.82) is 0 Å². The number of aliphatic imine (C=N–C) groups is 1. The molecule has 3 heteroatoms. The highest BCUT2D eigenvalue weighted by Gasteiger charge is 2.14. The topological polar surface area (TPSA) is 44.6 Å². The largest absolute Gasteiger partial charge is 0.394 e. The van der Waals surface area contributed by atoms with Crippen LogP contribution in [0.15, 0.2) is 4.99 Å². The minimum Gasteiger partial charge on any atom is -0.394 e. The van der Waals surface area contributed by atoms with Gasteiger partial charge in [-0.25, -0.2) is 0 Å². The molecule has 0 aromatic heterocycles. The molecule has 1 atom stereocenters. The van der Waals surface area contributed by atoms with Gasteiger partial charge >= 0.3 is 0 Å². The van der Waals surface area contributed by atoms with Gasteiger partial charge in [0.05, 0.1) is 18.5 Å². The second kappa shape index (κ2) is 6.02. The molecular formula is C11H22N2O. The van der Waals surface area contributed by atoms with Crippen LogP contribution in [0.25, 0.3) is 0 Å². The highest BCUT2D eigenvalue weighted by atomic mass is 16.3. The molecule has 82 valence electrons. The van der Waals surface area contributed by atoms with Gasteiger partial charge in [-0.05, 0) is 18.8 Å². The van der Waals surface area contributed by atoms with Crippen molar-refractivity contribution in [3.8, 4) is 0 Å². The van der Waals surface area contributed by atoms with Crippen LogP contribution >= 0.6 is 0 Å². The van der Waals surface area contributed by atoms with Gasteiger partial charge in [0.15, 0.2) is 0 Å². The van der Waals surface area contributed by atoms with Gasteiger partial charge in [0.1, 0.15) is 0 Å². The maximum Gasteiger partial charge on any atom is 0.0966 e. The Morgan fingerprint density at radius 1 is 1.36 bits per heavy atom. The summed E-state index contributed by atoms with van der Waals surface area (Å²) in [5, 5.41) is 12.5. The number of amidine groups is 1. The summed E-state index contributed by atoms with van der Waals surface area (Å²) in [4.78, 5) is 4.49. The van der Waals surface area contributed by atoms with Gasteiger partial charge in [0.25, 0.3) is 0 Å². The smallest absolute Gasteiger partial charge is 0.0966 e. The van der Waals surface area contributed by atoms with Gasteiger partial charge in [-0.3, -0.25) is 4.99 Å². The van der Waals surface area contributed by atoms with E-state index in [1.165, 1.54) is 19.3 Å². The molecule has 2 N–H and O–H groups in total. The monoisotopic (exact) mass is 198 g/mol. The van der Waals surface area contributed by atoms with E-state index in [4.69, 9.17) is 0 Å². The SMILES string of the molecule is CC(C)C(CO)NC1=NCCCCC1. The van der Waals surface area contributed by atoms with Gasteiger partial charge in [0, 0.05) is 13.0 Å². The third-order valence-electron chi connectivity index (χ3n) is 2.73. The molecule has 0 spiro atoms. The molecule has 0 fully saturated rings. The predicted molar refractivity (Wildman–Crippen MR) is 59.6 cm³/mol. The molecule has 14 heavy (non-hydrogen) atoms. The summed E-state index contributed by atoms with van der Waals surface area (Å²) in [6.07, 6.45) is 4.75. The van der Waals surface area contributed by atoms with E-state index < -0.39 is 0 Å². The fourth-order valence-electron chi connectivity index (χ4n) is 1.63. The van der Waals surface area contributed by atoms with Crippen LogP contribution in [0.2, 0.25) is 0 Å². The highest BCUT2D eigenvalue weighted by Crippen LogP contribution is 2.08. The molecule has 0 aliphatic carbocycles. The molecule has 0 saturated heterocycles. The second-order valence-corrected chi connectivity index (χ2v) is 4.32. The van der Waals surface area contributed by atoms with E-state index in [1.807, 2.05) is 0 Å². The van der Waals surface area contributed by atoms with Crippen molar-refractivity contribution in [1.82, 2.24) is 5.32 Å². The predicted octanol–water partition coefficient (Wildman–Crippen LogP) is 1.57. The molecule has 3 nitrogen and oxygen atoms in total.